The maximum Gasteiger partial charge on any atom is 0.326 e. The smallest absolute Gasteiger partial charge is 0.326 e. The van der Waals surface area contributed by atoms with Crippen molar-refractivity contribution in [2.45, 2.75) is 37.8 Å². The van der Waals surface area contributed by atoms with Crippen LogP contribution in [0.5, 0.6) is 0 Å². The zero-order chi connectivity index (χ0) is 14.5. The van der Waals surface area contributed by atoms with Gasteiger partial charge < -0.3 is 15.1 Å². The van der Waals surface area contributed by atoms with Crippen molar-refractivity contribution in [2.24, 2.45) is 0 Å². The summed E-state index contributed by atoms with van der Waals surface area (Å²) < 4.78 is 0. The summed E-state index contributed by atoms with van der Waals surface area (Å²) in [5.74, 6) is -1.23. The van der Waals surface area contributed by atoms with Crippen molar-refractivity contribution in [3.8, 4) is 0 Å². The molecular formula is C15H19NO4. The van der Waals surface area contributed by atoms with Crippen molar-refractivity contribution in [3.63, 3.8) is 0 Å². The van der Waals surface area contributed by atoms with Crippen LogP contribution in [-0.2, 0) is 16.0 Å². The van der Waals surface area contributed by atoms with Gasteiger partial charge in [0.25, 0.3) is 0 Å². The van der Waals surface area contributed by atoms with Crippen molar-refractivity contribution < 1.29 is 19.8 Å². The molecule has 0 aliphatic carbocycles. The number of likely N-dealkylation sites (tertiary alicyclic amines) is 1. The van der Waals surface area contributed by atoms with Crippen molar-refractivity contribution in [3.05, 3.63) is 35.9 Å². The Kier molecular flexibility index (Phi) is 4.74. The zero-order valence-corrected chi connectivity index (χ0v) is 11.2. The number of β-amino-alcohol motifs (C(OH)–C–C–N with tert-alkyl or cyclic N) is 1. The van der Waals surface area contributed by atoms with E-state index in [1.165, 1.54) is 4.90 Å². The molecule has 1 saturated heterocycles. The largest absolute Gasteiger partial charge is 0.480 e. The molecule has 2 rings (SSSR count). The van der Waals surface area contributed by atoms with Crippen LogP contribution >= 0.6 is 0 Å². The molecule has 1 aromatic carbocycles. The van der Waals surface area contributed by atoms with Gasteiger partial charge in [0, 0.05) is 19.4 Å². The summed E-state index contributed by atoms with van der Waals surface area (Å²) in [5, 5.41) is 18.6. The molecule has 1 amide bonds. The van der Waals surface area contributed by atoms with Gasteiger partial charge in [-0.15, -0.1) is 0 Å². The third-order valence-corrected chi connectivity index (χ3v) is 3.58. The van der Waals surface area contributed by atoms with Gasteiger partial charge in [0.05, 0.1) is 6.10 Å². The van der Waals surface area contributed by atoms with Crippen LogP contribution in [0, 0.1) is 0 Å². The first-order valence-corrected chi connectivity index (χ1v) is 6.82. The number of nitrogens with zero attached hydrogens (tertiary/aromatic N) is 1. The Morgan fingerprint density at radius 1 is 1.25 bits per heavy atom. The number of hydrogen-bond acceptors (Lipinski definition) is 3. The van der Waals surface area contributed by atoms with Gasteiger partial charge in [0.1, 0.15) is 6.04 Å². The fourth-order valence-corrected chi connectivity index (χ4v) is 2.56. The Hall–Kier alpha value is -1.88. The maximum absolute atomic E-state index is 12.0. The SMILES string of the molecule is O=C(O)C1CC(O)CN1C(=O)CCCc1ccccc1. The van der Waals surface area contributed by atoms with Crippen LogP contribution in [0.1, 0.15) is 24.8 Å². The quantitative estimate of drug-likeness (QED) is 0.843. The van der Waals surface area contributed by atoms with Gasteiger partial charge in [-0.3, -0.25) is 4.79 Å². The molecule has 1 aliphatic heterocycles. The van der Waals surface area contributed by atoms with E-state index in [1.807, 2.05) is 30.3 Å². The minimum Gasteiger partial charge on any atom is -0.480 e. The number of carboxylic acid groups (broad SMARTS) is 1. The summed E-state index contributed by atoms with van der Waals surface area (Å²) in [6.07, 6.45) is 1.18. The zero-order valence-electron chi connectivity index (χ0n) is 11.2. The highest BCUT2D eigenvalue weighted by atomic mass is 16.4. The van der Waals surface area contributed by atoms with Gasteiger partial charge in [-0.1, -0.05) is 30.3 Å². The molecule has 108 valence electrons. The standard InChI is InChI=1S/C15H19NO4/c17-12-9-13(15(19)20)16(10-12)14(18)8-4-7-11-5-2-1-3-6-11/h1-3,5-6,12-13,17H,4,7-10H2,(H,19,20). The van der Waals surface area contributed by atoms with E-state index in [-0.39, 0.29) is 18.9 Å². The average Bonchev–Trinajstić information content (AvgIpc) is 2.82. The molecule has 0 aromatic heterocycles. The Labute approximate surface area is 117 Å². The van der Waals surface area contributed by atoms with Crippen molar-refractivity contribution in [1.82, 2.24) is 4.90 Å². The van der Waals surface area contributed by atoms with E-state index in [4.69, 9.17) is 5.11 Å². The Morgan fingerprint density at radius 3 is 2.60 bits per heavy atom. The van der Waals surface area contributed by atoms with Crippen molar-refractivity contribution in [1.29, 1.82) is 0 Å². The van der Waals surface area contributed by atoms with E-state index >= 15 is 0 Å². The highest BCUT2D eigenvalue weighted by Crippen LogP contribution is 2.20. The van der Waals surface area contributed by atoms with Gasteiger partial charge in [-0.05, 0) is 18.4 Å². The molecule has 20 heavy (non-hydrogen) atoms. The fraction of sp³-hybridized carbons (Fsp3) is 0.467. The van der Waals surface area contributed by atoms with Crippen molar-refractivity contribution >= 4 is 11.9 Å². The van der Waals surface area contributed by atoms with E-state index < -0.39 is 18.1 Å². The number of hydrogen-bond donors (Lipinski definition) is 2. The second-order valence-corrected chi connectivity index (χ2v) is 5.13. The van der Waals surface area contributed by atoms with Crippen LogP contribution in [0.15, 0.2) is 30.3 Å². The predicted octanol–water partition coefficient (Wildman–Crippen LogP) is 1.06. The molecule has 2 unspecified atom stereocenters. The molecule has 2 atom stereocenters. The number of amides is 1. The molecule has 1 fully saturated rings. The normalized spacial score (nSPS) is 21.9. The van der Waals surface area contributed by atoms with Crippen LogP contribution < -0.4 is 0 Å². The fourth-order valence-electron chi connectivity index (χ4n) is 2.56. The van der Waals surface area contributed by atoms with Crippen molar-refractivity contribution in [2.75, 3.05) is 6.54 Å². The third-order valence-electron chi connectivity index (χ3n) is 3.58. The van der Waals surface area contributed by atoms with E-state index in [1.54, 1.807) is 0 Å². The Bertz CT molecular complexity index is 474. The lowest BCUT2D eigenvalue weighted by Crippen LogP contribution is -2.40. The number of aliphatic carboxylic acids is 1. The van der Waals surface area contributed by atoms with Crippen LogP contribution in [0.25, 0.3) is 0 Å². The van der Waals surface area contributed by atoms with Crippen LogP contribution in [-0.4, -0.2) is 45.7 Å². The highest BCUT2D eigenvalue weighted by molar-refractivity contribution is 5.84. The number of carboxylic acids is 1. The molecule has 0 spiro atoms. The molecule has 1 aromatic rings. The van der Waals surface area contributed by atoms with Crippen LogP contribution in [0.4, 0.5) is 0 Å². The Balaban J connectivity index is 1.84. The van der Waals surface area contributed by atoms with Crippen LogP contribution in [0.3, 0.4) is 0 Å². The van der Waals surface area contributed by atoms with Gasteiger partial charge in [0.2, 0.25) is 5.91 Å². The minimum absolute atomic E-state index is 0.125. The molecule has 1 heterocycles. The number of aliphatic hydroxyl groups is 1. The molecule has 0 radical (unpaired) electrons. The Morgan fingerprint density at radius 2 is 1.95 bits per heavy atom. The van der Waals surface area contributed by atoms with E-state index in [9.17, 15) is 14.7 Å². The summed E-state index contributed by atoms with van der Waals surface area (Å²) in [7, 11) is 0. The molecule has 5 nitrogen and oxygen atoms in total. The monoisotopic (exact) mass is 277 g/mol. The lowest BCUT2D eigenvalue weighted by Gasteiger charge is -2.21. The lowest BCUT2D eigenvalue weighted by molar-refractivity contribution is -0.148. The lowest BCUT2D eigenvalue weighted by atomic mass is 10.1. The number of aliphatic hydroxyl groups excluding tert-OH is 1. The number of aryl methyl sites for hydroxylation is 1. The summed E-state index contributed by atoms with van der Waals surface area (Å²) in [6, 6.07) is 8.98. The molecular weight excluding hydrogens is 258 g/mol. The van der Waals surface area contributed by atoms with E-state index in [2.05, 4.69) is 0 Å². The second-order valence-electron chi connectivity index (χ2n) is 5.13. The second kappa shape index (κ2) is 6.52. The van der Waals surface area contributed by atoms with Gasteiger partial charge >= 0.3 is 5.97 Å². The minimum atomic E-state index is -1.04. The number of rotatable bonds is 5. The molecule has 0 saturated carbocycles. The number of carbonyl (C=O) groups excluding carboxylic acids is 1. The summed E-state index contributed by atoms with van der Waals surface area (Å²) in [4.78, 5) is 24.4. The van der Waals surface area contributed by atoms with Crippen LogP contribution in [0.2, 0.25) is 0 Å². The van der Waals surface area contributed by atoms with E-state index in [0.717, 1.165) is 12.0 Å². The molecule has 2 N–H and O–H groups in total. The maximum atomic E-state index is 12.0. The van der Waals surface area contributed by atoms with Gasteiger partial charge in [-0.2, -0.15) is 0 Å². The number of carbonyl (C=O) groups is 2. The first-order chi connectivity index (χ1) is 9.58. The topological polar surface area (TPSA) is 77.8 Å². The highest BCUT2D eigenvalue weighted by Gasteiger charge is 2.38. The predicted molar refractivity (Wildman–Crippen MR) is 73.1 cm³/mol. The first kappa shape index (κ1) is 14.5. The van der Waals surface area contributed by atoms with Gasteiger partial charge in [-0.25, -0.2) is 4.79 Å². The summed E-state index contributed by atoms with van der Waals surface area (Å²) >= 11 is 0. The van der Waals surface area contributed by atoms with E-state index in [0.29, 0.717) is 12.8 Å². The average molecular weight is 277 g/mol. The summed E-state index contributed by atoms with van der Waals surface area (Å²) in [6.45, 7) is 0.126. The van der Waals surface area contributed by atoms with Gasteiger partial charge in [0.15, 0.2) is 0 Å². The molecule has 1 aliphatic rings. The number of benzene rings is 1. The molecule has 5 heteroatoms. The summed E-state index contributed by atoms with van der Waals surface area (Å²) in [5.41, 5.74) is 1.16. The molecule has 0 bridgehead atoms. The third kappa shape index (κ3) is 3.57. The first-order valence-electron chi connectivity index (χ1n) is 6.82.